The van der Waals surface area contributed by atoms with Gasteiger partial charge in [-0.3, -0.25) is 9.69 Å². The quantitative estimate of drug-likeness (QED) is 0.686. The molecule has 0 bridgehead atoms. The topological polar surface area (TPSA) is 76.5 Å². The molecule has 0 saturated heterocycles. The van der Waals surface area contributed by atoms with Gasteiger partial charge in [0.25, 0.3) is 5.82 Å². The molecule has 4 rings (SSSR count). The smallest absolute Gasteiger partial charge is 0.256 e. The predicted molar refractivity (Wildman–Crippen MR) is 130 cm³/mol. The molecular weight excluding hydrogens is 398 g/mol. The minimum absolute atomic E-state index is 0.164. The Morgan fingerprint density at radius 3 is 2.88 bits per heavy atom. The number of allylic oxidation sites excluding steroid dienone is 3. The maximum Gasteiger partial charge on any atom is 0.256 e. The van der Waals surface area contributed by atoms with Crippen LogP contribution in [-0.2, 0) is 4.79 Å². The number of anilines is 2. The second-order valence-electron chi connectivity index (χ2n) is 11.1. The average Bonchev–Trinajstić information content (AvgIpc) is 3.07. The summed E-state index contributed by atoms with van der Waals surface area (Å²) in [7, 11) is 2.12. The van der Waals surface area contributed by atoms with Crippen LogP contribution in [0.1, 0.15) is 66.7 Å². The van der Waals surface area contributed by atoms with Gasteiger partial charge in [0.2, 0.25) is 0 Å². The summed E-state index contributed by atoms with van der Waals surface area (Å²) in [6.07, 6.45) is 11.1. The first-order chi connectivity index (χ1) is 15.1. The van der Waals surface area contributed by atoms with E-state index in [9.17, 15) is 4.79 Å². The van der Waals surface area contributed by atoms with Crippen molar-refractivity contribution in [1.29, 1.82) is 0 Å². The van der Waals surface area contributed by atoms with Crippen LogP contribution in [0.15, 0.2) is 29.6 Å². The van der Waals surface area contributed by atoms with Crippen molar-refractivity contribution in [2.45, 2.75) is 66.7 Å². The molecule has 1 fully saturated rings. The first kappa shape index (κ1) is 23.0. The molecule has 1 saturated carbocycles. The fourth-order valence-electron chi connectivity index (χ4n) is 6.56. The predicted octanol–water partition coefficient (Wildman–Crippen LogP) is 3.69. The first-order valence-electron chi connectivity index (χ1n) is 12.1. The normalized spacial score (nSPS) is 34.9. The van der Waals surface area contributed by atoms with E-state index in [2.05, 4.69) is 62.6 Å². The molecule has 0 radical (unpaired) electrons. The van der Waals surface area contributed by atoms with Crippen molar-refractivity contribution in [3.63, 3.8) is 0 Å². The molecule has 32 heavy (non-hydrogen) atoms. The largest absolute Gasteiger partial charge is 0.382 e. The van der Waals surface area contributed by atoms with Gasteiger partial charge < -0.3 is 10.6 Å². The maximum absolute atomic E-state index is 12.5. The molecule has 2 aliphatic carbocycles. The summed E-state index contributed by atoms with van der Waals surface area (Å²) >= 11 is 0. The molecule has 3 aliphatic rings. The third kappa shape index (κ3) is 3.76. The zero-order chi connectivity index (χ0) is 23.3. The van der Waals surface area contributed by atoms with Gasteiger partial charge in [0.15, 0.2) is 24.0 Å². The molecule has 1 unspecified atom stereocenters. The second kappa shape index (κ2) is 8.29. The van der Waals surface area contributed by atoms with Crippen molar-refractivity contribution < 1.29 is 9.69 Å². The van der Waals surface area contributed by atoms with Gasteiger partial charge in [-0.2, -0.15) is 4.98 Å². The van der Waals surface area contributed by atoms with Gasteiger partial charge in [-0.25, -0.2) is 4.98 Å². The summed E-state index contributed by atoms with van der Waals surface area (Å²) in [4.78, 5) is 24.6. The molecule has 0 aromatic carbocycles. The summed E-state index contributed by atoms with van der Waals surface area (Å²) < 4.78 is 0. The number of rotatable bonds is 5. The van der Waals surface area contributed by atoms with E-state index in [-0.39, 0.29) is 10.8 Å². The van der Waals surface area contributed by atoms with Gasteiger partial charge in [-0.05, 0) is 68.3 Å². The molecule has 6 nitrogen and oxygen atoms in total. The number of nitrogens with one attached hydrogen (secondary N) is 1. The SMILES string of the molecule is CC1=CC(=O)C[C@@H]2[C@@](C)(CC/C(C)=C/CN3C[NH+](C)c4ncnc(N)c43)[C@H](C)CC[C@@]12C. The van der Waals surface area contributed by atoms with Gasteiger partial charge in [0, 0.05) is 13.0 Å². The summed E-state index contributed by atoms with van der Waals surface area (Å²) in [5.41, 5.74) is 10.2. The van der Waals surface area contributed by atoms with E-state index in [0.29, 0.717) is 29.9 Å². The number of nitrogens with two attached hydrogens (primary N) is 1. The van der Waals surface area contributed by atoms with Gasteiger partial charge >= 0.3 is 0 Å². The Hall–Kier alpha value is -2.21. The average molecular weight is 439 g/mol. The Balaban J connectivity index is 1.47. The lowest BCUT2D eigenvalue weighted by Crippen LogP contribution is -3.03. The molecule has 2 heterocycles. The van der Waals surface area contributed by atoms with Crippen LogP contribution in [0.2, 0.25) is 0 Å². The minimum atomic E-state index is 0.164. The van der Waals surface area contributed by atoms with Crippen LogP contribution in [0.5, 0.6) is 0 Å². The molecule has 0 spiro atoms. The lowest BCUT2D eigenvalue weighted by Gasteiger charge is -2.57. The van der Waals surface area contributed by atoms with Crippen LogP contribution in [0.3, 0.4) is 0 Å². The molecular formula is C26H40N5O+. The Bertz CT molecular complexity index is 969. The summed E-state index contributed by atoms with van der Waals surface area (Å²) in [6, 6.07) is 0. The Morgan fingerprint density at radius 1 is 1.38 bits per heavy atom. The third-order valence-corrected chi connectivity index (χ3v) is 9.19. The summed E-state index contributed by atoms with van der Waals surface area (Å²) in [6.45, 7) is 13.3. The number of carbonyl (C=O) groups excluding carboxylic acids is 1. The van der Waals surface area contributed by atoms with Crippen LogP contribution in [0.25, 0.3) is 0 Å². The Morgan fingerprint density at radius 2 is 2.12 bits per heavy atom. The number of carbonyl (C=O) groups is 1. The molecule has 1 aliphatic heterocycles. The van der Waals surface area contributed by atoms with Gasteiger partial charge in [0.1, 0.15) is 6.33 Å². The number of nitrogen functional groups attached to an aromatic ring is 1. The number of hydrogen-bond acceptors (Lipinski definition) is 5. The molecule has 3 N–H and O–H groups in total. The number of hydrogen-bond donors (Lipinski definition) is 2. The number of ketones is 1. The Labute approximate surface area is 193 Å². The zero-order valence-electron chi connectivity index (χ0n) is 20.7. The summed E-state index contributed by atoms with van der Waals surface area (Å²) in [5, 5.41) is 0. The maximum atomic E-state index is 12.5. The molecule has 5 atom stereocenters. The fraction of sp³-hybridized carbons (Fsp3) is 0.654. The van der Waals surface area contributed by atoms with Crippen molar-refractivity contribution in [2.24, 2.45) is 22.7 Å². The lowest BCUT2D eigenvalue weighted by atomic mass is 9.47. The number of aromatic nitrogens is 2. The van der Waals surface area contributed by atoms with Crippen LogP contribution in [0, 0.1) is 22.7 Å². The van der Waals surface area contributed by atoms with Gasteiger partial charge in [0.05, 0.1) is 7.05 Å². The van der Waals surface area contributed by atoms with Crippen LogP contribution in [-0.4, -0.2) is 36.0 Å². The van der Waals surface area contributed by atoms with E-state index in [4.69, 9.17) is 5.73 Å². The van der Waals surface area contributed by atoms with E-state index < -0.39 is 0 Å². The van der Waals surface area contributed by atoms with Gasteiger partial charge in [-0.1, -0.05) is 38.0 Å². The molecule has 1 aromatic heterocycles. The fourth-order valence-corrected chi connectivity index (χ4v) is 6.56. The molecule has 6 heteroatoms. The van der Waals surface area contributed by atoms with E-state index in [1.165, 1.54) is 28.9 Å². The van der Waals surface area contributed by atoms with Crippen molar-refractivity contribution in [3.8, 4) is 0 Å². The monoisotopic (exact) mass is 438 g/mol. The van der Waals surface area contributed by atoms with Crippen molar-refractivity contribution in [3.05, 3.63) is 29.6 Å². The minimum Gasteiger partial charge on any atom is -0.382 e. The van der Waals surface area contributed by atoms with Crippen LogP contribution >= 0.6 is 0 Å². The van der Waals surface area contributed by atoms with E-state index in [0.717, 1.165) is 37.6 Å². The molecule has 174 valence electrons. The number of fused-ring (bicyclic) bond motifs is 2. The molecule has 1 aromatic rings. The van der Waals surface area contributed by atoms with Crippen molar-refractivity contribution >= 4 is 23.1 Å². The van der Waals surface area contributed by atoms with Crippen molar-refractivity contribution in [2.75, 3.05) is 30.9 Å². The number of nitrogens with zero attached hydrogens (tertiary/aromatic N) is 3. The van der Waals surface area contributed by atoms with Crippen LogP contribution in [0.4, 0.5) is 17.3 Å². The zero-order valence-corrected chi connectivity index (χ0v) is 20.7. The first-order valence-corrected chi connectivity index (χ1v) is 12.1. The van der Waals surface area contributed by atoms with E-state index >= 15 is 0 Å². The second-order valence-corrected chi connectivity index (χ2v) is 11.1. The van der Waals surface area contributed by atoms with E-state index in [1.54, 1.807) is 6.33 Å². The standard InChI is InChI=1S/C26H39N5O/c1-17(9-12-31-16-30(6)24-22(31)23(27)28-15-29-24)7-10-25(4)18(2)8-11-26(5)19(3)13-20(32)14-21(25)26/h9,13,15,18,21H,7-8,10-12,14,16H2,1-6H3,(H2,27,28,29)/p+1/b17-9+/t18-,21-,25+,26+/m1/s1. The Kier molecular flexibility index (Phi) is 5.95. The molecule has 0 amide bonds. The number of quaternary nitrogens is 1. The highest BCUT2D eigenvalue weighted by Gasteiger charge is 2.54. The lowest BCUT2D eigenvalue weighted by molar-refractivity contribution is -0.805. The highest BCUT2D eigenvalue weighted by molar-refractivity contribution is 5.92. The highest BCUT2D eigenvalue weighted by Crippen LogP contribution is 2.61. The van der Waals surface area contributed by atoms with Crippen LogP contribution < -0.4 is 15.5 Å². The van der Waals surface area contributed by atoms with E-state index in [1.807, 2.05) is 6.08 Å². The summed E-state index contributed by atoms with van der Waals surface area (Å²) in [5.74, 6) is 2.93. The van der Waals surface area contributed by atoms with Crippen molar-refractivity contribution in [1.82, 2.24) is 9.97 Å². The third-order valence-electron chi connectivity index (χ3n) is 9.19. The van der Waals surface area contributed by atoms with Gasteiger partial charge in [-0.15, -0.1) is 0 Å². The highest BCUT2D eigenvalue weighted by atomic mass is 16.1.